The van der Waals surface area contributed by atoms with Gasteiger partial charge in [-0.15, -0.1) is 0 Å². The van der Waals surface area contributed by atoms with E-state index in [0.717, 1.165) is 34.7 Å². The summed E-state index contributed by atoms with van der Waals surface area (Å²) in [7, 11) is 0. The number of hydrogen-bond donors (Lipinski definition) is 0. The van der Waals surface area contributed by atoms with E-state index in [1.54, 1.807) is 0 Å². The molecule has 0 N–H and O–H groups in total. The Morgan fingerprint density at radius 2 is 1.29 bits per heavy atom. The van der Waals surface area contributed by atoms with Crippen LogP contribution in [0.5, 0.6) is 0 Å². The maximum atomic E-state index is 13.6. The lowest BCUT2D eigenvalue weighted by Gasteiger charge is -2.34. The van der Waals surface area contributed by atoms with Crippen LogP contribution in [0.3, 0.4) is 0 Å². The second-order valence-electron chi connectivity index (χ2n) is 3.85. The zero-order valence-electron chi connectivity index (χ0n) is 9.39. The van der Waals surface area contributed by atoms with Gasteiger partial charge in [-0.3, -0.25) is 0 Å². The molecule has 1 aromatic rings. The number of benzene rings is 1. The Kier molecular flexibility index (Phi) is 4.76. The third-order valence-corrected chi connectivity index (χ3v) is 3.59. The molecule has 0 atom stereocenters. The van der Waals surface area contributed by atoms with E-state index in [1.807, 2.05) is 0 Å². The average Bonchev–Trinajstić information content (AvgIpc) is 2.30. The quantitative estimate of drug-likeness (QED) is 0.394. The standard InChI is InChI=1S/C10H3ClF9I/c11-4-1-2-6(21)5(3-4)7(12,13)8(14,15)9(16,17)10(18,19)20/h1-3H. The second kappa shape index (κ2) is 5.36. The van der Waals surface area contributed by atoms with Crippen molar-refractivity contribution in [3.05, 3.63) is 32.4 Å². The van der Waals surface area contributed by atoms with Crippen molar-refractivity contribution in [2.75, 3.05) is 0 Å². The van der Waals surface area contributed by atoms with Crippen LogP contribution in [0.15, 0.2) is 18.2 Å². The van der Waals surface area contributed by atoms with Crippen LogP contribution in [0.25, 0.3) is 0 Å². The Balaban J connectivity index is 3.51. The lowest BCUT2D eigenvalue weighted by atomic mass is 9.97. The molecule has 0 spiro atoms. The predicted octanol–water partition coefficient (Wildman–Crippen LogP) is 5.87. The minimum atomic E-state index is -6.92. The summed E-state index contributed by atoms with van der Waals surface area (Å²) in [6.07, 6.45) is -6.84. The lowest BCUT2D eigenvalue weighted by Crippen LogP contribution is -2.59. The number of halogens is 11. The average molecular weight is 456 g/mol. The lowest BCUT2D eigenvalue weighted by molar-refractivity contribution is -0.399. The summed E-state index contributed by atoms with van der Waals surface area (Å²) in [5.41, 5.74) is -1.72. The molecule has 0 aliphatic carbocycles. The number of hydrogen-bond acceptors (Lipinski definition) is 0. The van der Waals surface area contributed by atoms with E-state index in [9.17, 15) is 39.5 Å². The summed E-state index contributed by atoms with van der Waals surface area (Å²) in [6.45, 7) is 0. The molecule has 11 heteroatoms. The summed E-state index contributed by atoms with van der Waals surface area (Å²) in [5.74, 6) is -19.4. The predicted molar refractivity (Wildman–Crippen MR) is 64.0 cm³/mol. The SMILES string of the molecule is FC(F)(F)C(F)(F)C(F)(F)C(F)(F)c1cc(Cl)ccc1I. The monoisotopic (exact) mass is 456 g/mol. The fraction of sp³-hybridized carbons (Fsp3) is 0.400. The molecule has 0 saturated carbocycles. The molecule has 0 aliphatic heterocycles. The van der Waals surface area contributed by atoms with Crippen molar-refractivity contribution in [3.8, 4) is 0 Å². The Morgan fingerprint density at radius 3 is 1.71 bits per heavy atom. The van der Waals surface area contributed by atoms with Crippen LogP contribution < -0.4 is 0 Å². The maximum Gasteiger partial charge on any atom is 0.460 e. The van der Waals surface area contributed by atoms with Crippen LogP contribution in [0.4, 0.5) is 39.5 Å². The zero-order chi connectivity index (χ0) is 16.9. The van der Waals surface area contributed by atoms with Crippen molar-refractivity contribution in [2.45, 2.75) is 23.9 Å². The van der Waals surface area contributed by atoms with Gasteiger partial charge in [0.2, 0.25) is 0 Å². The van der Waals surface area contributed by atoms with Gasteiger partial charge in [-0.2, -0.15) is 39.5 Å². The summed E-state index contributed by atoms with van der Waals surface area (Å²) in [4.78, 5) is 0. The smallest absolute Gasteiger partial charge is 0.194 e. The molecule has 1 rings (SSSR count). The molecule has 0 unspecified atom stereocenters. The van der Waals surface area contributed by atoms with E-state index in [0.29, 0.717) is 0 Å². The van der Waals surface area contributed by atoms with Crippen molar-refractivity contribution in [2.24, 2.45) is 0 Å². The van der Waals surface area contributed by atoms with Gasteiger partial charge >= 0.3 is 23.9 Å². The highest BCUT2D eigenvalue weighted by Gasteiger charge is 2.82. The molecule has 1 aromatic carbocycles. The Bertz CT molecular complexity index is 538. The Hall–Kier alpha value is -0.390. The molecule has 0 bridgehead atoms. The van der Waals surface area contributed by atoms with E-state index in [4.69, 9.17) is 11.6 Å². The van der Waals surface area contributed by atoms with Gasteiger partial charge in [0.15, 0.2) is 0 Å². The molecule has 0 saturated heterocycles. The highest BCUT2D eigenvalue weighted by Crippen LogP contribution is 2.57. The molecular formula is C10H3ClF9I. The van der Waals surface area contributed by atoms with Crippen molar-refractivity contribution in [1.29, 1.82) is 0 Å². The number of rotatable bonds is 3. The molecule has 0 radical (unpaired) electrons. The third-order valence-electron chi connectivity index (χ3n) is 2.41. The first-order valence-corrected chi connectivity index (χ1v) is 6.27. The van der Waals surface area contributed by atoms with Crippen LogP contribution in [-0.2, 0) is 5.92 Å². The highest BCUT2D eigenvalue weighted by atomic mass is 127. The molecule has 0 aromatic heterocycles. The van der Waals surface area contributed by atoms with Crippen molar-refractivity contribution in [1.82, 2.24) is 0 Å². The van der Waals surface area contributed by atoms with Gasteiger partial charge in [-0.1, -0.05) is 11.6 Å². The molecular weight excluding hydrogens is 453 g/mol. The van der Waals surface area contributed by atoms with Gasteiger partial charge in [-0.05, 0) is 40.8 Å². The van der Waals surface area contributed by atoms with E-state index in [-0.39, 0.29) is 6.07 Å². The first kappa shape index (κ1) is 18.7. The maximum absolute atomic E-state index is 13.6. The first-order valence-electron chi connectivity index (χ1n) is 4.82. The largest absolute Gasteiger partial charge is 0.460 e. The molecule has 21 heavy (non-hydrogen) atoms. The van der Waals surface area contributed by atoms with Gasteiger partial charge in [0.05, 0.1) is 0 Å². The highest BCUT2D eigenvalue weighted by molar-refractivity contribution is 14.1. The van der Waals surface area contributed by atoms with Gasteiger partial charge in [-0.25, -0.2) is 0 Å². The third kappa shape index (κ3) is 2.92. The Morgan fingerprint density at radius 1 is 0.810 bits per heavy atom. The normalized spacial score (nSPS) is 14.4. The molecule has 0 aliphatic rings. The van der Waals surface area contributed by atoms with E-state index in [1.165, 1.54) is 0 Å². The number of alkyl halides is 9. The van der Waals surface area contributed by atoms with Crippen molar-refractivity contribution >= 4 is 34.2 Å². The van der Waals surface area contributed by atoms with Gasteiger partial charge in [0.25, 0.3) is 0 Å². The van der Waals surface area contributed by atoms with Gasteiger partial charge in [0.1, 0.15) is 0 Å². The van der Waals surface area contributed by atoms with Crippen molar-refractivity contribution < 1.29 is 39.5 Å². The molecule has 120 valence electrons. The van der Waals surface area contributed by atoms with E-state index in [2.05, 4.69) is 0 Å². The van der Waals surface area contributed by atoms with Crippen LogP contribution in [0.2, 0.25) is 5.02 Å². The van der Waals surface area contributed by atoms with Crippen LogP contribution >= 0.6 is 34.2 Å². The minimum Gasteiger partial charge on any atom is -0.194 e. The van der Waals surface area contributed by atoms with Crippen LogP contribution in [0.1, 0.15) is 5.56 Å². The molecule has 0 heterocycles. The summed E-state index contributed by atoms with van der Waals surface area (Å²) in [6, 6.07) is 1.99. The Labute approximate surface area is 130 Å². The van der Waals surface area contributed by atoms with Gasteiger partial charge in [0, 0.05) is 14.2 Å². The van der Waals surface area contributed by atoms with Crippen LogP contribution in [0, 0.1) is 3.57 Å². The second-order valence-corrected chi connectivity index (χ2v) is 5.44. The van der Waals surface area contributed by atoms with E-state index < -0.39 is 38.1 Å². The molecule has 0 amide bonds. The topological polar surface area (TPSA) is 0 Å². The summed E-state index contributed by atoms with van der Waals surface area (Å²) >= 11 is 6.38. The summed E-state index contributed by atoms with van der Waals surface area (Å²) < 4.78 is 114. The van der Waals surface area contributed by atoms with E-state index >= 15 is 0 Å². The van der Waals surface area contributed by atoms with Gasteiger partial charge < -0.3 is 0 Å². The zero-order valence-corrected chi connectivity index (χ0v) is 12.3. The fourth-order valence-corrected chi connectivity index (χ4v) is 2.13. The van der Waals surface area contributed by atoms with Crippen molar-refractivity contribution in [3.63, 3.8) is 0 Å². The van der Waals surface area contributed by atoms with Crippen LogP contribution in [-0.4, -0.2) is 18.0 Å². The minimum absolute atomic E-state index is 0.212. The molecule has 0 fully saturated rings. The first-order chi connectivity index (χ1) is 9.16. The molecule has 0 nitrogen and oxygen atoms in total. The summed E-state index contributed by atoms with van der Waals surface area (Å²) in [5, 5.41) is -0.517. The fourth-order valence-electron chi connectivity index (χ4n) is 1.28.